The maximum atomic E-state index is 12.8. The molecule has 0 saturated carbocycles. The molecule has 0 unspecified atom stereocenters. The van der Waals surface area contributed by atoms with Crippen molar-refractivity contribution >= 4 is 6.09 Å². The van der Waals surface area contributed by atoms with Crippen LogP contribution in [0.3, 0.4) is 0 Å². The van der Waals surface area contributed by atoms with Crippen molar-refractivity contribution in [1.82, 2.24) is 4.90 Å². The van der Waals surface area contributed by atoms with Crippen LogP contribution in [0.1, 0.15) is 37.5 Å². The van der Waals surface area contributed by atoms with Gasteiger partial charge in [-0.05, 0) is 44.4 Å². The highest BCUT2D eigenvalue weighted by Crippen LogP contribution is 2.22. The van der Waals surface area contributed by atoms with Gasteiger partial charge in [0, 0.05) is 18.7 Å². The molecule has 5 nitrogen and oxygen atoms in total. The second kappa shape index (κ2) is 9.42. The summed E-state index contributed by atoms with van der Waals surface area (Å²) in [6, 6.07) is 15.6. The summed E-state index contributed by atoms with van der Waals surface area (Å²) >= 11 is 0. The molecule has 1 N–H and O–H groups in total. The van der Waals surface area contributed by atoms with Crippen molar-refractivity contribution in [1.29, 1.82) is 0 Å². The van der Waals surface area contributed by atoms with Crippen molar-refractivity contribution in [2.45, 2.75) is 45.9 Å². The molecule has 0 bridgehead atoms. The first-order chi connectivity index (χ1) is 12.8. The Morgan fingerprint density at radius 2 is 1.63 bits per heavy atom. The van der Waals surface area contributed by atoms with Gasteiger partial charge in [-0.2, -0.15) is 0 Å². The molecular formula is C22H29NO4. The van der Waals surface area contributed by atoms with E-state index in [0.717, 1.165) is 22.4 Å². The molecule has 146 valence electrons. The Kier molecular flexibility index (Phi) is 7.25. The van der Waals surface area contributed by atoms with Gasteiger partial charge in [0.2, 0.25) is 0 Å². The lowest BCUT2D eigenvalue weighted by atomic mass is 10.1. The lowest BCUT2D eigenvalue weighted by Crippen LogP contribution is -2.36. The van der Waals surface area contributed by atoms with Crippen molar-refractivity contribution < 1.29 is 19.4 Å². The van der Waals surface area contributed by atoms with Crippen LogP contribution in [0.25, 0.3) is 0 Å². The van der Waals surface area contributed by atoms with Crippen LogP contribution >= 0.6 is 0 Å². The number of hydrogen-bond acceptors (Lipinski definition) is 4. The zero-order valence-electron chi connectivity index (χ0n) is 16.6. The highest BCUT2D eigenvalue weighted by Gasteiger charge is 2.23. The van der Waals surface area contributed by atoms with Crippen LogP contribution in [0.2, 0.25) is 0 Å². The Hall–Kier alpha value is -2.53. The summed E-state index contributed by atoms with van der Waals surface area (Å²) < 4.78 is 11.0. The van der Waals surface area contributed by atoms with Gasteiger partial charge >= 0.3 is 6.09 Å². The summed E-state index contributed by atoms with van der Waals surface area (Å²) in [5.74, 6) is 0.740. The van der Waals surface area contributed by atoms with E-state index in [0.29, 0.717) is 19.5 Å². The predicted octanol–water partition coefficient (Wildman–Crippen LogP) is 4.17. The fourth-order valence-electron chi connectivity index (χ4n) is 2.71. The number of nitrogens with zero attached hydrogens (tertiary/aromatic N) is 1. The molecule has 0 heterocycles. The van der Waals surface area contributed by atoms with Gasteiger partial charge < -0.3 is 14.6 Å². The highest BCUT2D eigenvalue weighted by molar-refractivity contribution is 5.68. The van der Waals surface area contributed by atoms with E-state index in [1.54, 1.807) is 12.0 Å². The highest BCUT2D eigenvalue weighted by atomic mass is 16.6. The van der Waals surface area contributed by atoms with E-state index < -0.39 is 5.60 Å². The van der Waals surface area contributed by atoms with Crippen LogP contribution in [-0.2, 0) is 24.2 Å². The smallest absolute Gasteiger partial charge is 0.410 e. The van der Waals surface area contributed by atoms with Gasteiger partial charge in [-0.3, -0.25) is 4.90 Å². The van der Waals surface area contributed by atoms with Crippen molar-refractivity contribution in [3.8, 4) is 5.75 Å². The SMILES string of the molecule is COc1ccccc1CN(Cc1ccc(CCO)cc1)C(=O)OC(C)(C)C. The van der Waals surface area contributed by atoms with Crippen LogP contribution in [0.4, 0.5) is 4.79 Å². The average molecular weight is 371 g/mol. The minimum absolute atomic E-state index is 0.122. The number of rotatable bonds is 7. The molecule has 0 aliphatic carbocycles. The monoisotopic (exact) mass is 371 g/mol. The van der Waals surface area contributed by atoms with Crippen LogP contribution in [-0.4, -0.2) is 35.4 Å². The second-order valence-corrected chi connectivity index (χ2v) is 7.44. The van der Waals surface area contributed by atoms with Gasteiger partial charge in [0.25, 0.3) is 0 Å². The molecule has 0 saturated heterocycles. The summed E-state index contributed by atoms with van der Waals surface area (Å²) in [6.07, 6.45) is 0.255. The molecule has 0 aromatic heterocycles. The van der Waals surface area contributed by atoms with E-state index in [4.69, 9.17) is 14.6 Å². The maximum absolute atomic E-state index is 12.8. The Balaban J connectivity index is 2.22. The first kappa shape index (κ1) is 20.8. The number of ether oxygens (including phenoxy) is 2. The molecule has 0 aliphatic rings. The summed E-state index contributed by atoms with van der Waals surface area (Å²) in [5, 5.41) is 9.05. The van der Waals surface area contributed by atoms with Gasteiger partial charge in [-0.15, -0.1) is 0 Å². The fourth-order valence-corrected chi connectivity index (χ4v) is 2.71. The third-order valence-electron chi connectivity index (χ3n) is 4.00. The number of carbonyl (C=O) groups is 1. The van der Waals surface area contributed by atoms with Crippen molar-refractivity contribution in [3.05, 3.63) is 65.2 Å². The summed E-state index contributed by atoms with van der Waals surface area (Å²) in [4.78, 5) is 14.4. The fraction of sp³-hybridized carbons (Fsp3) is 0.409. The molecule has 2 rings (SSSR count). The first-order valence-corrected chi connectivity index (χ1v) is 9.11. The topological polar surface area (TPSA) is 59.0 Å². The number of aliphatic hydroxyl groups excluding tert-OH is 1. The maximum Gasteiger partial charge on any atom is 0.410 e. The summed E-state index contributed by atoms with van der Waals surface area (Å²) in [7, 11) is 1.62. The van der Waals surface area contributed by atoms with Crippen LogP contribution in [0.15, 0.2) is 48.5 Å². The van der Waals surface area contributed by atoms with Gasteiger partial charge in [-0.1, -0.05) is 42.5 Å². The number of amides is 1. The van der Waals surface area contributed by atoms with Crippen molar-refractivity contribution in [2.75, 3.05) is 13.7 Å². The van der Waals surface area contributed by atoms with E-state index in [1.165, 1.54) is 0 Å². The first-order valence-electron chi connectivity index (χ1n) is 9.11. The van der Waals surface area contributed by atoms with Crippen LogP contribution in [0.5, 0.6) is 5.75 Å². The lowest BCUT2D eigenvalue weighted by molar-refractivity contribution is 0.0215. The minimum Gasteiger partial charge on any atom is -0.496 e. The third-order valence-corrected chi connectivity index (χ3v) is 4.00. The van der Waals surface area contributed by atoms with Crippen molar-refractivity contribution in [2.24, 2.45) is 0 Å². The number of para-hydroxylation sites is 1. The Bertz CT molecular complexity index is 735. The van der Waals surface area contributed by atoms with E-state index in [-0.39, 0.29) is 12.7 Å². The predicted molar refractivity (Wildman–Crippen MR) is 106 cm³/mol. The molecule has 0 atom stereocenters. The van der Waals surface area contributed by atoms with Crippen LogP contribution in [0, 0.1) is 0 Å². The molecule has 5 heteroatoms. The summed E-state index contributed by atoms with van der Waals surface area (Å²) in [5.41, 5.74) is 2.41. The van der Waals surface area contributed by atoms with Crippen LogP contribution < -0.4 is 4.74 Å². The average Bonchev–Trinajstić information content (AvgIpc) is 2.62. The van der Waals surface area contributed by atoms with E-state index in [2.05, 4.69) is 0 Å². The standard InChI is InChI=1S/C22H29NO4/c1-22(2,3)27-21(25)23(16-19-7-5-6-8-20(19)26-4)15-18-11-9-17(10-12-18)13-14-24/h5-12,24H,13-16H2,1-4H3. The third kappa shape index (κ3) is 6.61. The minimum atomic E-state index is -0.568. The molecular weight excluding hydrogens is 342 g/mol. The van der Waals surface area contributed by atoms with Gasteiger partial charge in [-0.25, -0.2) is 4.79 Å². The molecule has 2 aromatic carbocycles. The Morgan fingerprint density at radius 3 is 2.22 bits per heavy atom. The normalized spacial score (nSPS) is 11.1. The van der Waals surface area contributed by atoms with Gasteiger partial charge in [0.05, 0.1) is 13.7 Å². The molecule has 1 amide bonds. The number of aliphatic hydroxyl groups is 1. The number of benzene rings is 2. The second-order valence-electron chi connectivity index (χ2n) is 7.44. The Morgan fingerprint density at radius 1 is 1.00 bits per heavy atom. The molecule has 27 heavy (non-hydrogen) atoms. The number of hydrogen-bond donors (Lipinski definition) is 1. The van der Waals surface area contributed by atoms with Crippen molar-refractivity contribution in [3.63, 3.8) is 0 Å². The molecule has 2 aromatic rings. The molecule has 0 fully saturated rings. The quantitative estimate of drug-likeness (QED) is 0.794. The van der Waals surface area contributed by atoms with Gasteiger partial charge in [0.1, 0.15) is 11.4 Å². The number of methoxy groups -OCH3 is 1. The van der Waals surface area contributed by atoms with Gasteiger partial charge in [0.15, 0.2) is 0 Å². The zero-order chi connectivity index (χ0) is 19.9. The molecule has 0 spiro atoms. The van der Waals surface area contributed by atoms with E-state index >= 15 is 0 Å². The largest absolute Gasteiger partial charge is 0.496 e. The zero-order valence-corrected chi connectivity index (χ0v) is 16.6. The van der Waals surface area contributed by atoms with E-state index in [9.17, 15) is 4.79 Å². The lowest BCUT2D eigenvalue weighted by Gasteiger charge is -2.28. The molecule has 0 aliphatic heterocycles. The van der Waals surface area contributed by atoms with E-state index in [1.807, 2.05) is 69.3 Å². The number of carbonyl (C=O) groups excluding carboxylic acids is 1. The summed E-state index contributed by atoms with van der Waals surface area (Å²) in [6.45, 7) is 6.50. The molecule has 0 radical (unpaired) electrons. The Labute approximate surface area is 161 Å².